The second-order valence-electron chi connectivity index (χ2n) is 8.12. The second kappa shape index (κ2) is 16.3. The fraction of sp³-hybridized carbons (Fsp3) is 0.192. The number of rotatable bonds is 4. The number of nitro groups is 3. The van der Waals surface area contributed by atoms with Gasteiger partial charge in [-0.2, -0.15) is 0 Å². The van der Waals surface area contributed by atoms with Gasteiger partial charge < -0.3 is 5.11 Å². The van der Waals surface area contributed by atoms with Crippen LogP contribution in [0.1, 0.15) is 38.7 Å². The molecule has 15 nitrogen and oxygen atoms in total. The summed E-state index contributed by atoms with van der Waals surface area (Å²) >= 11 is 0. The molecule has 0 aliphatic heterocycles. The van der Waals surface area contributed by atoms with Gasteiger partial charge in [-0.15, -0.1) is 0 Å². The summed E-state index contributed by atoms with van der Waals surface area (Å²) in [6.45, 7) is 8.51. The molecule has 0 unspecified atom stereocenters. The van der Waals surface area contributed by atoms with Crippen LogP contribution in [0.25, 0.3) is 0 Å². The third-order valence-corrected chi connectivity index (χ3v) is 4.90. The first kappa shape index (κ1) is 33.3. The zero-order valence-electron chi connectivity index (χ0n) is 22.8. The number of hydrogen-bond acceptors (Lipinski definition) is 11. The number of nitrogens with zero attached hydrogens (tertiary/aromatic N) is 7. The van der Waals surface area contributed by atoms with Gasteiger partial charge in [0.25, 0.3) is 17.1 Å². The maximum atomic E-state index is 10.4. The molecule has 0 aromatic carbocycles. The number of carboxylic acids is 1. The van der Waals surface area contributed by atoms with Crippen LogP contribution in [0.15, 0.2) is 67.3 Å². The van der Waals surface area contributed by atoms with E-state index in [0.717, 1.165) is 5.69 Å². The highest BCUT2D eigenvalue weighted by Gasteiger charge is 2.10. The fourth-order valence-electron chi connectivity index (χ4n) is 2.76. The van der Waals surface area contributed by atoms with E-state index in [4.69, 9.17) is 5.11 Å². The van der Waals surface area contributed by atoms with Crippen LogP contribution in [0.3, 0.4) is 0 Å². The maximum Gasteiger partial charge on any atom is 0.354 e. The summed E-state index contributed by atoms with van der Waals surface area (Å²) in [4.78, 5) is 54.8. The predicted octanol–water partition coefficient (Wildman–Crippen LogP) is 5.29. The molecule has 0 saturated heterocycles. The number of aromatic carboxylic acids is 1. The quantitative estimate of drug-likeness (QED) is 0.246. The molecular weight excluding hydrogens is 538 g/mol. The Morgan fingerprint density at radius 1 is 0.683 bits per heavy atom. The van der Waals surface area contributed by atoms with Crippen LogP contribution < -0.4 is 0 Å². The SMILES string of the molecule is Cc1cc([N+](=O)[O-])c(C)cn1.Cc1ccc([N+](=O)[O-])cn1.Cc1cccnc1C(=O)O.Cc1ncccc1[N+](=O)[O-]. The highest BCUT2D eigenvalue weighted by Crippen LogP contribution is 2.16. The Morgan fingerprint density at radius 3 is 1.68 bits per heavy atom. The number of pyridine rings is 4. The van der Waals surface area contributed by atoms with E-state index in [2.05, 4.69) is 19.9 Å². The summed E-state index contributed by atoms with van der Waals surface area (Å²) in [5.41, 5.74) is 3.56. The van der Waals surface area contributed by atoms with E-state index < -0.39 is 20.7 Å². The Morgan fingerprint density at radius 2 is 1.27 bits per heavy atom. The minimum atomic E-state index is -0.974. The zero-order chi connectivity index (χ0) is 31.1. The highest BCUT2D eigenvalue weighted by atomic mass is 16.6. The molecule has 15 heteroatoms. The molecule has 0 atom stereocenters. The van der Waals surface area contributed by atoms with Gasteiger partial charge in [0.05, 0.1) is 14.8 Å². The highest BCUT2D eigenvalue weighted by molar-refractivity contribution is 5.86. The lowest BCUT2D eigenvalue weighted by Gasteiger charge is -1.95. The monoisotopic (exact) mass is 565 g/mol. The van der Waals surface area contributed by atoms with Crippen molar-refractivity contribution in [3.63, 3.8) is 0 Å². The van der Waals surface area contributed by atoms with Crippen molar-refractivity contribution in [2.45, 2.75) is 34.6 Å². The van der Waals surface area contributed by atoms with E-state index in [1.54, 1.807) is 58.9 Å². The molecule has 0 spiro atoms. The Balaban J connectivity index is 0.000000274. The molecule has 4 aromatic rings. The summed E-state index contributed by atoms with van der Waals surface area (Å²) < 4.78 is 0. The predicted molar refractivity (Wildman–Crippen MR) is 148 cm³/mol. The van der Waals surface area contributed by atoms with Gasteiger partial charge in [-0.1, -0.05) is 6.07 Å². The number of aryl methyl sites for hydroxylation is 5. The average Bonchev–Trinajstić information content (AvgIpc) is 2.91. The molecule has 4 rings (SSSR count). The number of carboxylic acid groups (broad SMARTS) is 1. The van der Waals surface area contributed by atoms with Crippen molar-refractivity contribution in [3.8, 4) is 0 Å². The molecular formula is C26H27N7O8. The van der Waals surface area contributed by atoms with Gasteiger partial charge in [0, 0.05) is 53.7 Å². The third kappa shape index (κ3) is 11.7. The van der Waals surface area contributed by atoms with Crippen molar-refractivity contribution in [2.75, 3.05) is 0 Å². The molecule has 4 heterocycles. The van der Waals surface area contributed by atoms with Crippen LogP contribution in [0, 0.1) is 65.0 Å². The van der Waals surface area contributed by atoms with Gasteiger partial charge in [-0.05, 0) is 58.4 Å². The van der Waals surface area contributed by atoms with Gasteiger partial charge in [0.15, 0.2) is 5.69 Å². The Bertz CT molecular complexity index is 1460. The number of hydrogen-bond donors (Lipinski definition) is 1. The lowest BCUT2D eigenvalue weighted by atomic mass is 10.2. The van der Waals surface area contributed by atoms with E-state index in [0.29, 0.717) is 22.5 Å². The van der Waals surface area contributed by atoms with Crippen LogP contribution in [0.5, 0.6) is 0 Å². The summed E-state index contributed by atoms with van der Waals surface area (Å²) in [6, 6.07) is 10.9. The molecule has 214 valence electrons. The molecule has 0 aliphatic carbocycles. The van der Waals surface area contributed by atoms with E-state index >= 15 is 0 Å². The van der Waals surface area contributed by atoms with Crippen molar-refractivity contribution in [2.24, 2.45) is 0 Å². The molecule has 0 amide bonds. The van der Waals surface area contributed by atoms with E-state index in [9.17, 15) is 35.1 Å². The van der Waals surface area contributed by atoms with Crippen molar-refractivity contribution in [1.82, 2.24) is 19.9 Å². The van der Waals surface area contributed by atoms with Gasteiger partial charge in [0.1, 0.15) is 11.9 Å². The molecule has 0 radical (unpaired) electrons. The molecule has 41 heavy (non-hydrogen) atoms. The minimum absolute atomic E-state index is 0.0330. The number of carbonyl (C=O) groups is 1. The van der Waals surface area contributed by atoms with Crippen molar-refractivity contribution in [3.05, 3.63) is 131 Å². The van der Waals surface area contributed by atoms with E-state index in [1.165, 1.54) is 43.0 Å². The Kier molecular flexibility index (Phi) is 13.2. The first-order valence-electron chi connectivity index (χ1n) is 11.6. The normalized spacial score (nSPS) is 9.39. The molecule has 0 aliphatic rings. The van der Waals surface area contributed by atoms with Crippen molar-refractivity contribution in [1.29, 1.82) is 0 Å². The first-order valence-corrected chi connectivity index (χ1v) is 11.6. The average molecular weight is 566 g/mol. The smallest absolute Gasteiger partial charge is 0.354 e. The molecule has 0 fully saturated rings. The van der Waals surface area contributed by atoms with Crippen molar-refractivity contribution < 1.29 is 24.7 Å². The van der Waals surface area contributed by atoms with Crippen LogP contribution in [0.2, 0.25) is 0 Å². The molecule has 0 bridgehead atoms. The lowest BCUT2D eigenvalue weighted by molar-refractivity contribution is -0.385. The number of aromatic nitrogens is 4. The topological polar surface area (TPSA) is 218 Å². The van der Waals surface area contributed by atoms with Crippen LogP contribution in [-0.4, -0.2) is 45.8 Å². The van der Waals surface area contributed by atoms with Gasteiger partial charge in [-0.25, -0.2) is 9.78 Å². The summed E-state index contributed by atoms with van der Waals surface area (Å²) in [7, 11) is 0. The van der Waals surface area contributed by atoms with Crippen LogP contribution in [-0.2, 0) is 0 Å². The molecule has 4 aromatic heterocycles. The summed E-state index contributed by atoms with van der Waals surface area (Å²) in [5.74, 6) is -0.974. The minimum Gasteiger partial charge on any atom is -0.477 e. The Labute approximate surface area is 234 Å². The standard InChI is InChI=1S/C7H8N2O2.C7H7NO2.2C6H6N2O2/c1-5-4-8-6(2)3-7(5)9(10)11;1-5-3-2-4-8-6(5)7(9)10;1-5-2-3-6(4-7-5)8(9)10;1-5-6(8(9)10)3-2-4-7-5/h3-4H,1-2H3;2-4H,1H3,(H,9,10);2*2-4H,1H3. The lowest BCUT2D eigenvalue weighted by Crippen LogP contribution is -2.01. The van der Waals surface area contributed by atoms with Crippen molar-refractivity contribution >= 4 is 23.0 Å². The van der Waals surface area contributed by atoms with E-state index in [1.807, 2.05) is 0 Å². The van der Waals surface area contributed by atoms with Gasteiger partial charge in [0.2, 0.25) is 0 Å². The summed E-state index contributed by atoms with van der Waals surface area (Å²) in [6.07, 6.45) is 5.75. The molecule has 1 N–H and O–H groups in total. The van der Waals surface area contributed by atoms with Gasteiger partial charge in [-0.3, -0.25) is 45.3 Å². The maximum absolute atomic E-state index is 10.4. The molecule has 0 saturated carbocycles. The third-order valence-electron chi connectivity index (χ3n) is 4.90. The van der Waals surface area contributed by atoms with E-state index in [-0.39, 0.29) is 22.8 Å². The first-order chi connectivity index (χ1) is 19.2. The second-order valence-corrected chi connectivity index (χ2v) is 8.12. The Hall–Kier alpha value is -5.73. The van der Waals surface area contributed by atoms with Crippen LogP contribution in [0.4, 0.5) is 17.1 Å². The van der Waals surface area contributed by atoms with Gasteiger partial charge >= 0.3 is 5.97 Å². The zero-order valence-corrected chi connectivity index (χ0v) is 22.8. The fourth-order valence-corrected chi connectivity index (χ4v) is 2.76. The summed E-state index contributed by atoms with van der Waals surface area (Å²) in [5, 5.41) is 39.1. The largest absolute Gasteiger partial charge is 0.477 e. The van der Waals surface area contributed by atoms with Crippen LogP contribution >= 0.6 is 0 Å².